The summed E-state index contributed by atoms with van der Waals surface area (Å²) in [7, 11) is 0. The molecule has 0 aliphatic carbocycles. The molecule has 0 saturated heterocycles. The highest BCUT2D eigenvalue weighted by atomic mass is 16.2. The highest BCUT2D eigenvalue weighted by Gasteiger charge is 2.22. The molecule has 2 amide bonds. The number of hydrogen-bond acceptors (Lipinski definition) is 3. The number of nitrogens with zero attached hydrogens (tertiary/aromatic N) is 1. The van der Waals surface area contributed by atoms with Gasteiger partial charge in [-0.1, -0.05) is 91.0 Å². The number of aromatic nitrogens is 1. The molecule has 3 N–H and O–H groups in total. The minimum absolute atomic E-state index is 0.303. The van der Waals surface area contributed by atoms with Crippen molar-refractivity contribution in [3.63, 3.8) is 0 Å². The molecule has 1 heterocycles. The van der Waals surface area contributed by atoms with Crippen LogP contribution < -0.4 is 11.1 Å². The van der Waals surface area contributed by atoms with E-state index in [9.17, 15) is 9.59 Å². The topological polar surface area (TPSA) is 85.1 Å². The summed E-state index contributed by atoms with van der Waals surface area (Å²) in [4.78, 5) is 30.4. The number of nitrogens with two attached hydrogens (primary N) is 1. The van der Waals surface area contributed by atoms with E-state index in [-0.39, 0.29) is 5.91 Å². The van der Waals surface area contributed by atoms with Crippen LogP contribution in [0.2, 0.25) is 0 Å². The van der Waals surface area contributed by atoms with Crippen molar-refractivity contribution in [2.45, 2.75) is 12.5 Å². The Kier molecular flexibility index (Phi) is 5.75. The normalized spacial score (nSPS) is 11.9. The fourth-order valence-corrected chi connectivity index (χ4v) is 4.24. The van der Waals surface area contributed by atoms with Crippen LogP contribution in [-0.2, 0) is 11.2 Å². The predicted octanol–water partition coefficient (Wildman–Crippen LogP) is 4.88. The Morgan fingerprint density at radius 1 is 0.706 bits per heavy atom. The van der Waals surface area contributed by atoms with Gasteiger partial charge in [-0.3, -0.25) is 9.59 Å². The molecule has 166 valence electrons. The van der Waals surface area contributed by atoms with Gasteiger partial charge in [-0.2, -0.15) is 0 Å². The number of fused-ring (bicyclic) bond motifs is 2. The van der Waals surface area contributed by atoms with Crippen molar-refractivity contribution in [2.75, 3.05) is 0 Å². The van der Waals surface area contributed by atoms with Gasteiger partial charge in [0.05, 0.1) is 16.6 Å². The smallest absolute Gasteiger partial charge is 0.253 e. The van der Waals surface area contributed by atoms with Gasteiger partial charge < -0.3 is 11.1 Å². The number of primary amides is 1. The van der Waals surface area contributed by atoms with E-state index in [0.717, 1.165) is 38.5 Å². The third-order valence-electron chi connectivity index (χ3n) is 5.96. The van der Waals surface area contributed by atoms with Gasteiger partial charge in [-0.15, -0.1) is 0 Å². The van der Waals surface area contributed by atoms with E-state index >= 15 is 0 Å². The van der Waals surface area contributed by atoms with Crippen LogP contribution in [0.25, 0.3) is 32.9 Å². The largest absolute Gasteiger partial charge is 0.368 e. The van der Waals surface area contributed by atoms with E-state index in [4.69, 9.17) is 5.73 Å². The van der Waals surface area contributed by atoms with Gasteiger partial charge in [-0.25, -0.2) is 4.98 Å². The van der Waals surface area contributed by atoms with Crippen molar-refractivity contribution in [1.29, 1.82) is 0 Å². The molecule has 0 unspecified atom stereocenters. The molecule has 0 radical (unpaired) electrons. The van der Waals surface area contributed by atoms with Gasteiger partial charge in [0.25, 0.3) is 5.91 Å². The van der Waals surface area contributed by atoms with Crippen molar-refractivity contribution in [2.24, 2.45) is 5.73 Å². The van der Waals surface area contributed by atoms with Crippen LogP contribution in [-0.4, -0.2) is 22.8 Å². The molecule has 34 heavy (non-hydrogen) atoms. The number of carbonyl (C=O) groups is 2. The number of amides is 2. The highest BCUT2D eigenvalue weighted by molar-refractivity contribution is 6.16. The van der Waals surface area contributed by atoms with Crippen molar-refractivity contribution in [1.82, 2.24) is 10.3 Å². The lowest BCUT2D eigenvalue weighted by molar-refractivity contribution is -0.119. The number of nitrogens with one attached hydrogen (secondary N) is 1. The minimum atomic E-state index is -0.847. The second-order valence-electron chi connectivity index (χ2n) is 8.22. The maximum atomic E-state index is 13.5. The number of hydrogen-bond donors (Lipinski definition) is 2. The quantitative estimate of drug-likeness (QED) is 0.365. The standard InChI is InChI=1S/C29H23N3O2/c30-28(33)26(18-19-14-16-21(17-15-19)20-8-2-1-3-9-20)32-29(34)27-22-10-4-6-12-24(22)31-25-13-7-5-11-23(25)27/h1-17,26H,18H2,(H2,30,33)(H,32,34)/t26-/m1/s1. The van der Waals surface area contributed by atoms with E-state index in [2.05, 4.69) is 10.3 Å². The van der Waals surface area contributed by atoms with Gasteiger partial charge in [-0.05, 0) is 28.8 Å². The van der Waals surface area contributed by atoms with Crippen molar-refractivity contribution >= 4 is 33.6 Å². The van der Waals surface area contributed by atoms with E-state index < -0.39 is 11.9 Å². The molecule has 0 spiro atoms. The monoisotopic (exact) mass is 445 g/mol. The van der Waals surface area contributed by atoms with E-state index in [0.29, 0.717) is 12.0 Å². The first-order valence-electron chi connectivity index (χ1n) is 11.1. The Hall–Kier alpha value is -4.51. The molecule has 0 aliphatic heterocycles. The van der Waals surface area contributed by atoms with Crippen molar-refractivity contribution in [3.8, 4) is 11.1 Å². The fraction of sp³-hybridized carbons (Fsp3) is 0.0690. The number of rotatable bonds is 6. The van der Waals surface area contributed by atoms with Crippen LogP contribution >= 0.6 is 0 Å². The number of benzene rings is 4. The molecular formula is C29H23N3O2. The van der Waals surface area contributed by atoms with Crippen LogP contribution in [0.3, 0.4) is 0 Å². The molecule has 1 aromatic heterocycles. The molecule has 0 fully saturated rings. The van der Waals surface area contributed by atoms with E-state index in [1.54, 1.807) is 0 Å². The SMILES string of the molecule is NC(=O)[C@@H](Cc1ccc(-c2ccccc2)cc1)NC(=O)c1c2ccccc2nc2ccccc12. The Labute approximate surface area is 197 Å². The average Bonchev–Trinajstić information content (AvgIpc) is 2.87. The molecule has 5 aromatic rings. The summed E-state index contributed by atoms with van der Waals surface area (Å²) >= 11 is 0. The van der Waals surface area contributed by atoms with Crippen LogP contribution in [0, 0.1) is 0 Å². The Balaban J connectivity index is 1.44. The second-order valence-corrected chi connectivity index (χ2v) is 8.22. The van der Waals surface area contributed by atoms with Crippen molar-refractivity contribution in [3.05, 3.63) is 114 Å². The van der Waals surface area contributed by atoms with E-state index in [1.807, 2.05) is 103 Å². The molecule has 0 aliphatic rings. The van der Waals surface area contributed by atoms with Crippen LogP contribution in [0.15, 0.2) is 103 Å². The predicted molar refractivity (Wildman–Crippen MR) is 135 cm³/mol. The molecule has 5 nitrogen and oxygen atoms in total. The van der Waals surface area contributed by atoms with Gasteiger partial charge in [0.1, 0.15) is 6.04 Å². The lowest BCUT2D eigenvalue weighted by Gasteiger charge is -2.18. The Morgan fingerprint density at radius 2 is 1.24 bits per heavy atom. The minimum Gasteiger partial charge on any atom is -0.368 e. The van der Waals surface area contributed by atoms with Crippen LogP contribution in [0.5, 0.6) is 0 Å². The summed E-state index contributed by atoms with van der Waals surface area (Å²) in [5.41, 5.74) is 10.7. The number of carbonyl (C=O) groups excluding carboxylic acids is 2. The first-order valence-corrected chi connectivity index (χ1v) is 11.1. The molecule has 0 saturated carbocycles. The van der Waals surface area contributed by atoms with Gasteiger partial charge in [0.15, 0.2) is 0 Å². The molecule has 5 rings (SSSR count). The zero-order valence-corrected chi connectivity index (χ0v) is 18.4. The maximum absolute atomic E-state index is 13.5. The summed E-state index contributed by atoms with van der Waals surface area (Å²) < 4.78 is 0. The zero-order valence-electron chi connectivity index (χ0n) is 18.4. The molecule has 1 atom stereocenters. The fourth-order valence-electron chi connectivity index (χ4n) is 4.24. The molecule has 4 aromatic carbocycles. The third-order valence-corrected chi connectivity index (χ3v) is 5.96. The van der Waals surface area contributed by atoms with Gasteiger partial charge in [0, 0.05) is 17.2 Å². The number of pyridine rings is 1. The number of para-hydroxylation sites is 2. The summed E-state index contributed by atoms with van der Waals surface area (Å²) in [5, 5.41) is 4.33. The maximum Gasteiger partial charge on any atom is 0.253 e. The van der Waals surface area contributed by atoms with Crippen LogP contribution in [0.4, 0.5) is 0 Å². The average molecular weight is 446 g/mol. The lowest BCUT2D eigenvalue weighted by atomic mass is 9.99. The van der Waals surface area contributed by atoms with Crippen LogP contribution in [0.1, 0.15) is 15.9 Å². The first-order chi connectivity index (χ1) is 16.6. The molecule has 5 heteroatoms. The summed E-state index contributed by atoms with van der Waals surface area (Å²) in [5.74, 6) is -0.928. The van der Waals surface area contributed by atoms with E-state index in [1.165, 1.54) is 0 Å². The third kappa shape index (κ3) is 4.24. The summed E-state index contributed by atoms with van der Waals surface area (Å²) in [6, 6.07) is 32.1. The highest BCUT2D eigenvalue weighted by Crippen LogP contribution is 2.26. The van der Waals surface area contributed by atoms with Gasteiger partial charge >= 0.3 is 0 Å². The van der Waals surface area contributed by atoms with Crippen molar-refractivity contribution < 1.29 is 9.59 Å². The lowest BCUT2D eigenvalue weighted by Crippen LogP contribution is -2.46. The first kappa shape index (κ1) is 21.3. The zero-order chi connectivity index (χ0) is 23.5. The van der Waals surface area contributed by atoms with Gasteiger partial charge in [0.2, 0.25) is 5.91 Å². The summed E-state index contributed by atoms with van der Waals surface area (Å²) in [6.45, 7) is 0. The molecular weight excluding hydrogens is 422 g/mol. The second kappa shape index (κ2) is 9.16. The molecule has 0 bridgehead atoms. The Morgan fingerprint density at radius 3 is 1.82 bits per heavy atom. The summed E-state index contributed by atoms with van der Waals surface area (Å²) in [6.07, 6.45) is 0.303. The Bertz CT molecular complexity index is 1440.